The molecule has 24 heavy (non-hydrogen) atoms. The number of hydrogen-bond acceptors (Lipinski definition) is 5. The van der Waals surface area contributed by atoms with Gasteiger partial charge in [-0.3, -0.25) is 0 Å². The van der Waals surface area contributed by atoms with E-state index in [-0.39, 0.29) is 5.71 Å². The molecule has 1 saturated carbocycles. The number of carboxylic acid groups (broad SMARTS) is 1. The van der Waals surface area contributed by atoms with Crippen molar-refractivity contribution in [3.05, 3.63) is 48.1 Å². The lowest BCUT2D eigenvalue weighted by molar-refractivity contribution is -0.129. The predicted octanol–water partition coefficient (Wildman–Crippen LogP) is 3.28. The Morgan fingerprint density at radius 3 is 3.00 bits per heavy atom. The number of azo groups is 1. The van der Waals surface area contributed by atoms with Crippen molar-refractivity contribution in [1.82, 2.24) is 4.90 Å². The molecule has 2 fully saturated rings. The Morgan fingerprint density at radius 2 is 2.12 bits per heavy atom. The van der Waals surface area contributed by atoms with Crippen LogP contribution < -0.4 is 0 Å². The summed E-state index contributed by atoms with van der Waals surface area (Å²) in [5.41, 5.74) is 1.79. The lowest BCUT2D eigenvalue weighted by Gasteiger charge is -2.38. The average Bonchev–Trinajstić information content (AvgIpc) is 3.19. The van der Waals surface area contributed by atoms with Gasteiger partial charge in [-0.2, -0.15) is 5.11 Å². The van der Waals surface area contributed by atoms with E-state index in [0.29, 0.717) is 23.6 Å². The zero-order valence-corrected chi connectivity index (χ0v) is 13.4. The molecule has 0 amide bonds. The Kier molecular flexibility index (Phi) is 3.88. The fourth-order valence-corrected chi connectivity index (χ4v) is 4.33. The third kappa shape index (κ3) is 2.62. The molecule has 0 aromatic rings. The van der Waals surface area contributed by atoms with Gasteiger partial charge in [-0.05, 0) is 43.5 Å². The lowest BCUT2D eigenvalue weighted by Crippen LogP contribution is -2.39. The van der Waals surface area contributed by atoms with E-state index in [0.717, 1.165) is 18.5 Å². The van der Waals surface area contributed by atoms with E-state index in [9.17, 15) is 9.90 Å². The van der Waals surface area contributed by atoms with E-state index in [4.69, 9.17) is 0 Å². The molecular formula is C18H20N4O2. The van der Waals surface area contributed by atoms with Crippen molar-refractivity contribution >= 4 is 11.7 Å². The van der Waals surface area contributed by atoms with Crippen molar-refractivity contribution in [3.63, 3.8) is 0 Å². The summed E-state index contributed by atoms with van der Waals surface area (Å²) >= 11 is 0. The number of hydrogen-bond donors (Lipinski definition) is 1. The highest BCUT2D eigenvalue weighted by molar-refractivity contribution is 6.40. The van der Waals surface area contributed by atoms with E-state index < -0.39 is 5.97 Å². The van der Waals surface area contributed by atoms with E-state index in [1.807, 2.05) is 12.3 Å². The normalized spacial score (nSPS) is 38.4. The summed E-state index contributed by atoms with van der Waals surface area (Å²) in [6, 6.07) is 0.476. The maximum atomic E-state index is 11.3. The monoisotopic (exact) mass is 324 g/mol. The van der Waals surface area contributed by atoms with E-state index in [1.54, 1.807) is 12.3 Å². The van der Waals surface area contributed by atoms with Crippen LogP contribution in [0, 0.1) is 11.8 Å². The summed E-state index contributed by atoms with van der Waals surface area (Å²) in [5.74, 6) is 0.0380. The standard InChI is InChI=1S/C18H20N4O2/c23-18(24)15-6-1-2-8-22-9-7-12-4-3-5-13(17(12)22)14-10-20-21-16(14)11-19-15/h1-2,6,8,10-13,17H,3-5,7,9H2,(H,23,24)/b6-1-,8-2-,16-11+,19-15+. The largest absolute Gasteiger partial charge is 0.477 e. The van der Waals surface area contributed by atoms with Crippen LogP contribution in [0.25, 0.3) is 0 Å². The molecule has 3 unspecified atom stereocenters. The smallest absolute Gasteiger partial charge is 0.354 e. The van der Waals surface area contributed by atoms with Gasteiger partial charge >= 0.3 is 5.97 Å². The number of carboxylic acids is 1. The van der Waals surface area contributed by atoms with Crippen LogP contribution in [0.1, 0.15) is 25.7 Å². The van der Waals surface area contributed by atoms with Crippen LogP contribution in [0.15, 0.2) is 63.3 Å². The van der Waals surface area contributed by atoms with Crippen LogP contribution >= 0.6 is 0 Å². The van der Waals surface area contributed by atoms with Gasteiger partial charge in [-0.1, -0.05) is 12.5 Å². The number of aliphatic imine (C=N–C) groups is 1. The minimum atomic E-state index is -1.05. The Morgan fingerprint density at radius 1 is 1.21 bits per heavy atom. The molecule has 6 heteroatoms. The second-order valence-electron chi connectivity index (χ2n) is 6.65. The summed E-state index contributed by atoms with van der Waals surface area (Å²) in [7, 11) is 0. The van der Waals surface area contributed by atoms with Gasteiger partial charge in [0.15, 0.2) is 0 Å². The van der Waals surface area contributed by atoms with E-state index in [2.05, 4.69) is 26.3 Å². The highest BCUT2D eigenvalue weighted by Gasteiger charge is 2.43. The molecule has 3 aliphatic heterocycles. The molecule has 1 saturated heterocycles. The number of nitrogens with zero attached hydrogens (tertiary/aromatic N) is 4. The van der Waals surface area contributed by atoms with Crippen LogP contribution in [-0.4, -0.2) is 34.3 Å². The molecule has 3 atom stereocenters. The first kappa shape index (κ1) is 15.1. The van der Waals surface area contributed by atoms with Crippen LogP contribution in [0.3, 0.4) is 0 Å². The van der Waals surface area contributed by atoms with Gasteiger partial charge < -0.3 is 10.0 Å². The summed E-state index contributed by atoms with van der Waals surface area (Å²) < 4.78 is 0. The minimum absolute atomic E-state index is 0.00586. The molecule has 0 aromatic carbocycles. The highest BCUT2D eigenvalue weighted by atomic mass is 16.4. The van der Waals surface area contributed by atoms with Gasteiger partial charge in [0, 0.05) is 24.1 Å². The molecule has 0 radical (unpaired) electrons. The van der Waals surface area contributed by atoms with Crippen molar-refractivity contribution in [2.75, 3.05) is 6.54 Å². The van der Waals surface area contributed by atoms with Crippen molar-refractivity contribution in [3.8, 4) is 0 Å². The maximum Gasteiger partial charge on any atom is 0.354 e. The summed E-state index contributed by atoms with van der Waals surface area (Å²) in [5, 5.41) is 17.5. The predicted molar refractivity (Wildman–Crippen MR) is 90.3 cm³/mol. The minimum Gasteiger partial charge on any atom is -0.477 e. The van der Waals surface area contributed by atoms with Crippen molar-refractivity contribution in [1.29, 1.82) is 0 Å². The van der Waals surface area contributed by atoms with Crippen LogP contribution in [0.5, 0.6) is 0 Å². The zero-order chi connectivity index (χ0) is 16.5. The first-order chi connectivity index (χ1) is 11.7. The molecule has 3 heterocycles. The van der Waals surface area contributed by atoms with Gasteiger partial charge in [-0.25, -0.2) is 9.79 Å². The Labute approximate surface area is 140 Å². The van der Waals surface area contributed by atoms with E-state index >= 15 is 0 Å². The van der Waals surface area contributed by atoms with Crippen LogP contribution in [0.4, 0.5) is 0 Å². The number of carbonyl (C=O) groups is 1. The number of aliphatic carboxylic acids is 1. The molecule has 0 aromatic heterocycles. The van der Waals surface area contributed by atoms with Gasteiger partial charge in [-0.15, -0.1) is 5.11 Å². The van der Waals surface area contributed by atoms with Crippen molar-refractivity contribution in [2.24, 2.45) is 27.1 Å². The quantitative estimate of drug-likeness (QED) is 0.804. The van der Waals surface area contributed by atoms with Gasteiger partial charge in [0.1, 0.15) is 11.4 Å². The first-order valence-electron chi connectivity index (χ1n) is 8.47. The third-order valence-electron chi connectivity index (χ3n) is 5.37. The van der Waals surface area contributed by atoms with Gasteiger partial charge in [0.25, 0.3) is 0 Å². The summed E-state index contributed by atoms with van der Waals surface area (Å²) in [6.45, 7) is 1.05. The molecular weight excluding hydrogens is 304 g/mol. The van der Waals surface area contributed by atoms with Crippen molar-refractivity contribution in [2.45, 2.75) is 31.7 Å². The molecule has 1 aliphatic carbocycles. The Hall–Kier alpha value is -2.50. The van der Waals surface area contributed by atoms with Crippen LogP contribution in [0.2, 0.25) is 0 Å². The lowest BCUT2D eigenvalue weighted by atomic mass is 9.73. The second-order valence-corrected chi connectivity index (χ2v) is 6.65. The third-order valence-corrected chi connectivity index (χ3v) is 5.37. The second kappa shape index (κ2) is 6.19. The fraction of sp³-hybridized carbons (Fsp3) is 0.444. The number of rotatable bonds is 1. The Bertz CT molecular complexity index is 729. The SMILES string of the molecule is O=C(O)C1=N/C=C2/N=NC=C2C2CCCC3CCN(\C=C/C=C\1)C32. The zero-order valence-electron chi connectivity index (χ0n) is 13.4. The Balaban J connectivity index is 1.77. The molecule has 0 spiro atoms. The summed E-state index contributed by atoms with van der Waals surface area (Å²) in [6.07, 6.45) is 15.5. The highest BCUT2D eigenvalue weighted by Crippen LogP contribution is 2.45. The van der Waals surface area contributed by atoms with E-state index in [1.165, 1.54) is 25.3 Å². The maximum absolute atomic E-state index is 11.3. The fourth-order valence-electron chi connectivity index (χ4n) is 4.33. The molecule has 6 nitrogen and oxygen atoms in total. The van der Waals surface area contributed by atoms with Crippen LogP contribution in [-0.2, 0) is 4.79 Å². The van der Waals surface area contributed by atoms with Gasteiger partial charge in [0.2, 0.25) is 0 Å². The molecule has 0 bridgehead atoms. The number of fused-ring (bicyclic) bond motifs is 2. The molecule has 4 aliphatic rings. The van der Waals surface area contributed by atoms with Gasteiger partial charge in [0.05, 0.1) is 12.4 Å². The average molecular weight is 324 g/mol. The van der Waals surface area contributed by atoms with Crippen molar-refractivity contribution < 1.29 is 9.90 Å². The topological polar surface area (TPSA) is 77.6 Å². The molecule has 1 N–H and O–H groups in total. The molecule has 124 valence electrons. The number of allylic oxidation sites excluding steroid dienone is 3. The summed E-state index contributed by atoms with van der Waals surface area (Å²) in [4.78, 5) is 17.8. The first-order valence-corrected chi connectivity index (χ1v) is 8.47. The molecule has 4 rings (SSSR count).